The van der Waals surface area contributed by atoms with Crippen molar-refractivity contribution in [1.82, 2.24) is 10.2 Å². The molecule has 3 unspecified atom stereocenters. The molecule has 5 heterocycles. The molecule has 6 rings (SSSR count). The molecule has 3 atom stereocenters. The largest absolute Gasteiger partial charge is 0.458 e. The second-order valence-corrected chi connectivity index (χ2v) is 9.22. The highest BCUT2D eigenvalue weighted by molar-refractivity contribution is 5.81. The minimum Gasteiger partial charge on any atom is -0.458 e. The number of carbonyl (C=O) groups excluding carboxylic acids is 1. The summed E-state index contributed by atoms with van der Waals surface area (Å²) in [5.41, 5.74) is -1.20. The molecular formula is C23H32N2O5. The van der Waals surface area contributed by atoms with Crippen LogP contribution in [0, 0.1) is 5.92 Å². The van der Waals surface area contributed by atoms with E-state index >= 15 is 0 Å². The first-order valence-corrected chi connectivity index (χ1v) is 11.3. The molecule has 0 aliphatic carbocycles. The van der Waals surface area contributed by atoms with Gasteiger partial charge in [0.25, 0.3) is 0 Å². The van der Waals surface area contributed by atoms with Crippen molar-refractivity contribution in [3.63, 3.8) is 0 Å². The molecule has 5 aliphatic rings. The first-order chi connectivity index (χ1) is 14.6. The van der Waals surface area contributed by atoms with Gasteiger partial charge in [0.1, 0.15) is 6.10 Å². The van der Waals surface area contributed by atoms with Gasteiger partial charge in [-0.25, -0.2) is 4.79 Å². The van der Waals surface area contributed by atoms with Crippen LogP contribution in [0.25, 0.3) is 0 Å². The number of hydrogen-bond donors (Lipinski definition) is 2. The molecular weight excluding hydrogens is 384 g/mol. The van der Waals surface area contributed by atoms with Crippen LogP contribution in [0.3, 0.4) is 0 Å². The zero-order chi connectivity index (χ0) is 20.6. The quantitative estimate of drug-likeness (QED) is 0.703. The number of aliphatic hydroxyl groups is 1. The monoisotopic (exact) mass is 416 g/mol. The van der Waals surface area contributed by atoms with Crippen molar-refractivity contribution < 1.29 is 24.1 Å². The summed E-state index contributed by atoms with van der Waals surface area (Å²) in [4.78, 5) is 15.7. The summed E-state index contributed by atoms with van der Waals surface area (Å²) < 4.78 is 18.2. The Morgan fingerprint density at radius 1 is 1.23 bits per heavy atom. The summed E-state index contributed by atoms with van der Waals surface area (Å²) in [7, 11) is 0. The van der Waals surface area contributed by atoms with Gasteiger partial charge in [0.15, 0.2) is 11.4 Å². The second-order valence-electron chi connectivity index (χ2n) is 9.22. The molecule has 5 fully saturated rings. The summed E-state index contributed by atoms with van der Waals surface area (Å²) in [6.07, 6.45) is 3.29. The van der Waals surface area contributed by atoms with Gasteiger partial charge in [-0.1, -0.05) is 30.3 Å². The van der Waals surface area contributed by atoms with E-state index < -0.39 is 17.4 Å². The van der Waals surface area contributed by atoms with Gasteiger partial charge in [0.05, 0.1) is 12.7 Å². The topological polar surface area (TPSA) is 80.3 Å². The van der Waals surface area contributed by atoms with Crippen LogP contribution >= 0.6 is 0 Å². The van der Waals surface area contributed by atoms with E-state index in [1.54, 1.807) is 12.1 Å². The van der Waals surface area contributed by atoms with Crippen molar-refractivity contribution in [2.45, 2.75) is 55.7 Å². The third-order valence-corrected chi connectivity index (χ3v) is 7.25. The Balaban J connectivity index is 1.33. The zero-order valence-electron chi connectivity index (χ0n) is 17.4. The van der Waals surface area contributed by atoms with Crippen molar-refractivity contribution in [2.24, 2.45) is 5.92 Å². The Labute approximate surface area is 177 Å². The van der Waals surface area contributed by atoms with Crippen molar-refractivity contribution in [2.75, 3.05) is 39.3 Å². The first kappa shape index (κ1) is 20.4. The summed E-state index contributed by atoms with van der Waals surface area (Å²) in [6, 6.07) is 9.12. The Morgan fingerprint density at radius 3 is 2.63 bits per heavy atom. The number of carbonyl (C=O) groups is 1. The Hall–Kier alpha value is -1.51. The smallest absolute Gasteiger partial charge is 0.343 e. The molecule has 30 heavy (non-hydrogen) atoms. The Kier molecular flexibility index (Phi) is 5.58. The highest BCUT2D eigenvalue weighted by atomic mass is 16.7. The maximum atomic E-state index is 13.4. The molecule has 0 amide bonds. The predicted octanol–water partition coefficient (Wildman–Crippen LogP) is 1.40. The van der Waals surface area contributed by atoms with E-state index in [0.717, 1.165) is 58.4 Å². The van der Waals surface area contributed by atoms with E-state index in [0.29, 0.717) is 18.1 Å². The minimum atomic E-state index is -1.75. The number of ether oxygens (including phenoxy) is 3. The number of hydrogen-bond acceptors (Lipinski definition) is 7. The van der Waals surface area contributed by atoms with Gasteiger partial charge in [-0.15, -0.1) is 0 Å². The van der Waals surface area contributed by atoms with Crippen LogP contribution in [0.1, 0.15) is 37.7 Å². The lowest BCUT2D eigenvalue weighted by atomic mass is 9.85. The van der Waals surface area contributed by atoms with Gasteiger partial charge in [-0.05, 0) is 37.4 Å². The zero-order valence-corrected chi connectivity index (χ0v) is 17.4. The van der Waals surface area contributed by atoms with Gasteiger partial charge < -0.3 is 24.6 Å². The fourth-order valence-electron chi connectivity index (χ4n) is 5.43. The fraction of sp³-hybridized carbons (Fsp3) is 0.696. The average molecular weight is 417 g/mol. The van der Waals surface area contributed by atoms with Crippen LogP contribution in [-0.2, 0) is 24.6 Å². The van der Waals surface area contributed by atoms with Crippen LogP contribution in [0.2, 0.25) is 0 Å². The molecule has 7 heteroatoms. The maximum absolute atomic E-state index is 13.4. The predicted molar refractivity (Wildman–Crippen MR) is 110 cm³/mol. The van der Waals surface area contributed by atoms with E-state index in [2.05, 4.69) is 10.2 Å². The lowest BCUT2D eigenvalue weighted by Gasteiger charge is -2.44. The highest BCUT2D eigenvalue weighted by Gasteiger charge is 2.50. The maximum Gasteiger partial charge on any atom is 0.343 e. The third-order valence-electron chi connectivity index (χ3n) is 7.25. The molecule has 0 saturated carbocycles. The molecule has 1 aromatic carbocycles. The molecule has 0 radical (unpaired) electrons. The fourth-order valence-corrected chi connectivity index (χ4v) is 5.43. The lowest BCUT2D eigenvalue weighted by Crippen LogP contribution is -2.54. The van der Waals surface area contributed by atoms with Crippen molar-refractivity contribution >= 4 is 5.97 Å². The standard InChI is InChI=1S/C23H32N2O5/c26-21(29-20-15-25-12-6-17(20)7-13-25)23(27,18-4-2-1-3-5-18)14-19-16-28-22(30-19)8-10-24-11-9-22/h1-5,17,19-20,24,27H,6-16H2. The van der Waals surface area contributed by atoms with E-state index in [1.165, 1.54) is 0 Å². The highest BCUT2D eigenvalue weighted by Crippen LogP contribution is 2.39. The number of benzene rings is 1. The molecule has 5 saturated heterocycles. The number of nitrogens with zero attached hydrogens (tertiary/aromatic N) is 1. The molecule has 164 valence electrons. The molecule has 2 N–H and O–H groups in total. The van der Waals surface area contributed by atoms with Gasteiger partial charge >= 0.3 is 5.97 Å². The van der Waals surface area contributed by atoms with E-state index in [-0.39, 0.29) is 18.6 Å². The molecule has 2 bridgehead atoms. The lowest BCUT2D eigenvalue weighted by molar-refractivity contribution is -0.198. The number of fused-ring (bicyclic) bond motifs is 3. The van der Waals surface area contributed by atoms with E-state index in [9.17, 15) is 9.90 Å². The Morgan fingerprint density at radius 2 is 1.97 bits per heavy atom. The number of esters is 1. The van der Waals surface area contributed by atoms with Gasteiger partial charge in [0.2, 0.25) is 0 Å². The SMILES string of the molecule is O=C(OC1CN2CCC1CC2)C(O)(CC1COC2(CCNCC2)O1)c1ccccc1. The van der Waals surface area contributed by atoms with Crippen LogP contribution in [0.4, 0.5) is 0 Å². The molecule has 1 spiro atoms. The van der Waals surface area contributed by atoms with Crippen LogP contribution in [-0.4, -0.2) is 73.3 Å². The molecule has 0 aromatic heterocycles. The molecule has 7 nitrogen and oxygen atoms in total. The van der Waals surface area contributed by atoms with Crippen molar-refractivity contribution in [3.05, 3.63) is 35.9 Å². The average Bonchev–Trinajstić information content (AvgIpc) is 3.16. The second kappa shape index (κ2) is 8.20. The van der Waals surface area contributed by atoms with Gasteiger partial charge in [0, 0.05) is 38.9 Å². The summed E-state index contributed by atoms with van der Waals surface area (Å²) in [6.45, 7) is 4.98. The number of nitrogens with one attached hydrogen (secondary N) is 1. The van der Waals surface area contributed by atoms with Gasteiger partial charge in [-0.2, -0.15) is 0 Å². The van der Waals surface area contributed by atoms with Gasteiger partial charge in [-0.3, -0.25) is 4.90 Å². The van der Waals surface area contributed by atoms with Crippen LogP contribution in [0.5, 0.6) is 0 Å². The number of piperidine rings is 4. The number of rotatable bonds is 5. The summed E-state index contributed by atoms with van der Waals surface area (Å²) in [5.74, 6) is -0.766. The van der Waals surface area contributed by atoms with E-state index in [1.807, 2.05) is 18.2 Å². The minimum absolute atomic E-state index is 0.131. The summed E-state index contributed by atoms with van der Waals surface area (Å²) >= 11 is 0. The van der Waals surface area contributed by atoms with Crippen LogP contribution in [0.15, 0.2) is 30.3 Å². The van der Waals surface area contributed by atoms with Crippen molar-refractivity contribution in [1.29, 1.82) is 0 Å². The third kappa shape index (κ3) is 3.89. The Bertz CT molecular complexity index is 745. The summed E-state index contributed by atoms with van der Waals surface area (Å²) in [5, 5.41) is 15.0. The first-order valence-electron chi connectivity index (χ1n) is 11.3. The van der Waals surface area contributed by atoms with E-state index in [4.69, 9.17) is 14.2 Å². The normalized spacial score (nSPS) is 34.6. The van der Waals surface area contributed by atoms with Crippen molar-refractivity contribution in [3.8, 4) is 0 Å². The van der Waals surface area contributed by atoms with Crippen LogP contribution < -0.4 is 5.32 Å². The molecule has 5 aliphatic heterocycles. The molecule has 1 aromatic rings.